The smallest absolute Gasteiger partial charge is 0.246 e. The minimum atomic E-state index is -0.697. The molecule has 0 bridgehead atoms. The molecule has 0 spiro atoms. The molecule has 0 radical (unpaired) electrons. The lowest BCUT2D eigenvalue weighted by molar-refractivity contribution is -0.126. The molecule has 0 heterocycles. The zero-order valence-corrected chi connectivity index (χ0v) is 19.9. The van der Waals surface area contributed by atoms with Crippen LogP contribution in [0.2, 0.25) is 0 Å². The van der Waals surface area contributed by atoms with Gasteiger partial charge in [0.25, 0.3) is 0 Å². The number of Topliss-reactive ketones (excluding diaryl/α,β-unsaturated/α-hetero) is 1. The van der Waals surface area contributed by atoms with Crippen LogP contribution in [0.1, 0.15) is 26.2 Å². The van der Waals surface area contributed by atoms with Crippen LogP contribution in [-0.4, -0.2) is 115 Å². The first-order valence-corrected chi connectivity index (χ1v) is 11.2. The van der Waals surface area contributed by atoms with Crippen LogP contribution in [0.3, 0.4) is 0 Å². The summed E-state index contributed by atoms with van der Waals surface area (Å²) in [4.78, 5) is 33.8. The van der Waals surface area contributed by atoms with Crippen molar-refractivity contribution in [1.29, 1.82) is 0 Å². The van der Waals surface area contributed by atoms with E-state index in [9.17, 15) is 19.5 Å². The maximum Gasteiger partial charge on any atom is 0.246 e. The van der Waals surface area contributed by atoms with Crippen molar-refractivity contribution in [3.05, 3.63) is 0 Å². The van der Waals surface area contributed by atoms with Crippen LogP contribution >= 0.6 is 0 Å². The normalized spacial score (nSPS) is 11.8. The molecule has 0 unspecified atom stereocenters. The van der Waals surface area contributed by atoms with E-state index in [0.717, 1.165) is 0 Å². The van der Waals surface area contributed by atoms with E-state index >= 15 is 0 Å². The topological polar surface area (TPSA) is 154 Å². The molecular formula is C21H41N3O9. The van der Waals surface area contributed by atoms with Gasteiger partial charge in [-0.25, -0.2) is 0 Å². The lowest BCUT2D eigenvalue weighted by Gasteiger charge is -2.13. The number of hydrogen-bond donors (Lipinski definition) is 4. The van der Waals surface area contributed by atoms with Gasteiger partial charge < -0.3 is 39.4 Å². The van der Waals surface area contributed by atoms with Crippen molar-refractivity contribution in [1.82, 2.24) is 16.0 Å². The van der Waals surface area contributed by atoms with Gasteiger partial charge in [0.05, 0.1) is 46.2 Å². The Hall–Kier alpha value is -1.67. The average molecular weight is 480 g/mol. The first-order valence-electron chi connectivity index (χ1n) is 11.2. The zero-order chi connectivity index (χ0) is 24.6. The molecular weight excluding hydrogens is 438 g/mol. The van der Waals surface area contributed by atoms with E-state index in [4.69, 9.17) is 23.7 Å². The summed E-state index contributed by atoms with van der Waals surface area (Å²) < 4.78 is 25.7. The molecule has 12 nitrogen and oxygen atoms in total. The van der Waals surface area contributed by atoms with Crippen LogP contribution in [0.4, 0.5) is 0 Å². The minimum absolute atomic E-state index is 0.0352. The number of methoxy groups -OCH3 is 1. The van der Waals surface area contributed by atoms with Crippen LogP contribution in [0.15, 0.2) is 0 Å². The third-order valence-electron chi connectivity index (χ3n) is 3.99. The van der Waals surface area contributed by atoms with Gasteiger partial charge in [-0.1, -0.05) is 0 Å². The van der Waals surface area contributed by atoms with Crippen molar-refractivity contribution in [3.63, 3.8) is 0 Å². The highest BCUT2D eigenvalue weighted by molar-refractivity contribution is 5.77. The van der Waals surface area contributed by atoms with Crippen molar-refractivity contribution < 1.29 is 43.2 Å². The van der Waals surface area contributed by atoms with Crippen LogP contribution in [0, 0.1) is 0 Å². The van der Waals surface area contributed by atoms with Crippen LogP contribution < -0.4 is 16.0 Å². The SMILES string of the molecule is COCCNC(=O)CCC[C@@H](O)NCCOCCOCC(=O)NCCOCCOCC(C)=O. The second-order valence-corrected chi connectivity index (χ2v) is 7.09. The zero-order valence-electron chi connectivity index (χ0n) is 19.9. The van der Waals surface area contributed by atoms with Crippen LogP contribution in [0.25, 0.3) is 0 Å². The van der Waals surface area contributed by atoms with Gasteiger partial charge in [0.1, 0.15) is 19.4 Å². The van der Waals surface area contributed by atoms with Crippen molar-refractivity contribution in [2.75, 3.05) is 86.2 Å². The minimum Gasteiger partial charge on any atom is -0.383 e. The average Bonchev–Trinajstić information content (AvgIpc) is 2.77. The highest BCUT2D eigenvalue weighted by atomic mass is 16.5. The first-order chi connectivity index (χ1) is 16.0. The monoisotopic (exact) mass is 479 g/mol. The highest BCUT2D eigenvalue weighted by Gasteiger charge is 2.06. The van der Waals surface area contributed by atoms with Crippen molar-refractivity contribution in [2.24, 2.45) is 0 Å². The Morgan fingerprint density at radius 2 is 1.33 bits per heavy atom. The largest absolute Gasteiger partial charge is 0.383 e. The second-order valence-electron chi connectivity index (χ2n) is 7.09. The fourth-order valence-electron chi connectivity index (χ4n) is 2.37. The number of carbonyl (C=O) groups excluding carboxylic acids is 3. The van der Waals surface area contributed by atoms with Crippen molar-refractivity contribution in [3.8, 4) is 0 Å². The third kappa shape index (κ3) is 24.8. The molecule has 4 N–H and O–H groups in total. The van der Waals surface area contributed by atoms with E-state index in [1.807, 2.05) is 0 Å². The molecule has 2 amide bonds. The van der Waals surface area contributed by atoms with Crippen LogP contribution in [0.5, 0.6) is 0 Å². The Bertz CT molecular complexity index is 509. The number of nitrogens with one attached hydrogen (secondary N) is 3. The van der Waals surface area contributed by atoms with E-state index in [1.165, 1.54) is 6.92 Å². The number of aliphatic hydroxyl groups is 1. The lowest BCUT2D eigenvalue weighted by Crippen LogP contribution is -2.33. The Morgan fingerprint density at radius 1 is 0.758 bits per heavy atom. The molecule has 0 fully saturated rings. The van der Waals surface area contributed by atoms with Crippen molar-refractivity contribution in [2.45, 2.75) is 32.4 Å². The lowest BCUT2D eigenvalue weighted by atomic mass is 10.2. The van der Waals surface area contributed by atoms with E-state index in [-0.39, 0.29) is 37.4 Å². The fraction of sp³-hybridized carbons (Fsp3) is 0.857. The first kappa shape index (κ1) is 31.3. The Balaban J connectivity index is 3.35. The van der Waals surface area contributed by atoms with E-state index in [2.05, 4.69) is 16.0 Å². The molecule has 33 heavy (non-hydrogen) atoms. The number of ketones is 1. The molecule has 0 rings (SSSR count). The molecule has 12 heteroatoms. The number of ether oxygens (including phenoxy) is 5. The predicted molar refractivity (Wildman–Crippen MR) is 120 cm³/mol. The highest BCUT2D eigenvalue weighted by Crippen LogP contribution is 1.98. The molecule has 1 atom stereocenters. The number of hydrogen-bond acceptors (Lipinski definition) is 10. The quantitative estimate of drug-likeness (QED) is 0.0960. The summed E-state index contributed by atoms with van der Waals surface area (Å²) in [5.41, 5.74) is 0. The molecule has 0 aliphatic heterocycles. The van der Waals surface area contributed by atoms with Gasteiger partial charge in [-0.2, -0.15) is 0 Å². The van der Waals surface area contributed by atoms with Gasteiger partial charge in [-0.3, -0.25) is 19.7 Å². The summed E-state index contributed by atoms with van der Waals surface area (Å²) in [5.74, 6) is -0.340. The Labute approximate surface area is 196 Å². The van der Waals surface area contributed by atoms with Gasteiger partial charge in [0, 0.05) is 33.2 Å². The van der Waals surface area contributed by atoms with E-state index in [0.29, 0.717) is 78.5 Å². The van der Waals surface area contributed by atoms with Gasteiger partial charge in [0.15, 0.2) is 5.78 Å². The molecule has 194 valence electrons. The van der Waals surface area contributed by atoms with Gasteiger partial charge in [0.2, 0.25) is 11.8 Å². The molecule has 0 saturated carbocycles. The van der Waals surface area contributed by atoms with E-state index in [1.54, 1.807) is 7.11 Å². The van der Waals surface area contributed by atoms with Gasteiger partial charge in [-0.05, 0) is 19.8 Å². The Morgan fingerprint density at radius 3 is 2.00 bits per heavy atom. The molecule has 0 aliphatic carbocycles. The maximum absolute atomic E-state index is 11.6. The number of carbonyl (C=O) groups is 3. The molecule has 0 saturated heterocycles. The molecule has 0 aromatic rings. The standard InChI is InChI=1S/C21H41N3O9/c1-18(25)16-32-14-12-31-11-8-24-21(28)17-33-15-13-30-10-7-23-20(27)5-3-4-19(26)22-6-9-29-2/h20,23,27H,3-17H2,1-2H3,(H,22,26)(H,24,28)/t20-/m1/s1. The fourth-order valence-corrected chi connectivity index (χ4v) is 2.37. The Kier molecular flexibility index (Phi) is 22.3. The summed E-state index contributed by atoms with van der Waals surface area (Å²) in [6.45, 7) is 5.27. The summed E-state index contributed by atoms with van der Waals surface area (Å²) in [7, 11) is 1.57. The summed E-state index contributed by atoms with van der Waals surface area (Å²) in [6.07, 6.45) is 0.700. The molecule has 0 aromatic carbocycles. The van der Waals surface area contributed by atoms with Crippen LogP contribution in [-0.2, 0) is 38.1 Å². The van der Waals surface area contributed by atoms with Gasteiger partial charge >= 0.3 is 0 Å². The predicted octanol–water partition coefficient (Wildman–Crippen LogP) is -1.40. The summed E-state index contributed by atoms with van der Waals surface area (Å²) in [6, 6.07) is 0. The molecule has 0 aliphatic rings. The van der Waals surface area contributed by atoms with E-state index < -0.39 is 6.23 Å². The summed E-state index contributed by atoms with van der Waals surface area (Å²) >= 11 is 0. The molecule has 0 aromatic heterocycles. The number of aliphatic hydroxyl groups excluding tert-OH is 1. The van der Waals surface area contributed by atoms with Crippen molar-refractivity contribution >= 4 is 17.6 Å². The van der Waals surface area contributed by atoms with Gasteiger partial charge in [-0.15, -0.1) is 0 Å². The maximum atomic E-state index is 11.6. The number of rotatable bonds is 24. The number of amides is 2. The summed E-state index contributed by atoms with van der Waals surface area (Å²) in [5, 5.41) is 18.1. The third-order valence-corrected chi connectivity index (χ3v) is 3.99. The second kappa shape index (κ2) is 23.5.